The molecule has 2 aromatic heterocycles. The summed E-state index contributed by atoms with van der Waals surface area (Å²) in [5.41, 5.74) is 0.651. The summed E-state index contributed by atoms with van der Waals surface area (Å²) in [7, 11) is 0. The molecular weight excluding hydrogens is 318 g/mol. The van der Waals surface area contributed by atoms with Crippen LogP contribution in [0.1, 0.15) is 45.0 Å². The average molecular weight is 343 g/mol. The van der Waals surface area contributed by atoms with E-state index in [4.69, 9.17) is 0 Å². The molecule has 3 rings (SSSR count). The van der Waals surface area contributed by atoms with Crippen molar-refractivity contribution in [3.8, 4) is 0 Å². The predicted molar refractivity (Wildman–Crippen MR) is 94.8 cm³/mol. The maximum Gasteiger partial charge on any atom is 0.331 e. The molecule has 0 radical (unpaired) electrons. The normalized spacial score (nSPS) is 17.5. The molecule has 7 nitrogen and oxygen atoms in total. The van der Waals surface area contributed by atoms with Gasteiger partial charge >= 0.3 is 5.97 Å². The molecule has 0 unspecified atom stereocenters. The third-order valence-corrected chi connectivity index (χ3v) is 4.94. The van der Waals surface area contributed by atoms with E-state index in [9.17, 15) is 9.90 Å². The highest BCUT2D eigenvalue weighted by molar-refractivity contribution is 5.77. The number of piperidine rings is 1. The van der Waals surface area contributed by atoms with E-state index in [0.29, 0.717) is 25.9 Å². The zero-order chi connectivity index (χ0) is 18.2. The van der Waals surface area contributed by atoms with Crippen LogP contribution in [0.3, 0.4) is 0 Å². The lowest BCUT2D eigenvalue weighted by Crippen LogP contribution is -2.51. The molecule has 2 aromatic rings. The highest BCUT2D eigenvalue weighted by atomic mass is 16.4. The average Bonchev–Trinajstić information content (AvgIpc) is 3.06. The molecule has 0 bridgehead atoms. The number of nitrogens with zero attached hydrogens (tertiary/aromatic N) is 5. The lowest BCUT2D eigenvalue weighted by atomic mass is 9.87. The zero-order valence-corrected chi connectivity index (χ0v) is 15.2. The number of carboxylic acid groups (broad SMARTS) is 1. The van der Waals surface area contributed by atoms with Crippen molar-refractivity contribution < 1.29 is 9.90 Å². The van der Waals surface area contributed by atoms with Gasteiger partial charge in [-0.1, -0.05) is 20.8 Å². The van der Waals surface area contributed by atoms with Gasteiger partial charge in [0.1, 0.15) is 5.82 Å². The molecule has 25 heavy (non-hydrogen) atoms. The summed E-state index contributed by atoms with van der Waals surface area (Å²) >= 11 is 0. The number of carbonyl (C=O) groups is 1. The number of carboxylic acids is 1. The number of aromatic nitrogens is 4. The molecule has 3 heterocycles. The van der Waals surface area contributed by atoms with Crippen molar-refractivity contribution in [2.45, 2.75) is 51.5 Å². The van der Waals surface area contributed by atoms with Crippen LogP contribution < -0.4 is 4.90 Å². The zero-order valence-electron chi connectivity index (χ0n) is 15.2. The van der Waals surface area contributed by atoms with Gasteiger partial charge in [-0.25, -0.2) is 9.78 Å². The Bertz CT molecular complexity index is 770. The van der Waals surface area contributed by atoms with Crippen LogP contribution in [0.4, 0.5) is 5.82 Å². The number of anilines is 1. The molecule has 0 amide bonds. The van der Waals surface area contributed by atoms with E-state index in [1.54, 1.807) is 23.3 Å². The number of rotatable bonds is 3. The smallest absolute Gasteiger partial charge is 0.331 e. The SMILES string of the molecule is Cc1nccnc1N1CCC(C(=O)O)(n2ccc(C(C)(C)C)n2)CC1. The fourth-order valence-corrected chi connectivity index (χ4v) is 3.30. The van der Waals surface area contributed by atoms with Crippen molar-refractivity contribution in [2.75, 3.05) is 18.0 Å². The lowest BCUT2D eigenvalue weighted by molar-refractivity contribution is -0.149. The first-order valence-electron chi connectivity index (χ1n) is 8.57. The molecule has 7 heteroatoms. The molecule has 0 aliphatic carbocycles. The molecule has 0 spiro atoms. The van der Waals surface area contributed by atoms with Crippen LogP contribution in [0, 0.1) is 6.92 Å². The minimum Gasteiger partial charge on any atom is -0.479 e. The van der Waals surface area contributed by atoms with Gasteiger partial charge in [-0.2, -0.15) is 5.10 Å². The van der Waals surface area contributed by atoms with E-state index >= 15 is 0 Å². The van der Waals surface area contributed by atoms with Crippen molar-refractivity contribution in [1.82, 2.24) is 19.7 Å². The summed E-state index contributed by atoms with van der Waals surface area (Å²) in [6, 6.07) is 1.92. The van der Waals surface area contributed by atoms with E-state index in [1.807, 2.05) is 13.0 Å². The van der Waals surface area contributed by atoms with Gasteiger partial charge in [-0.3, -0.25) is 9.67 Å². The molecule has 0 atom stereocenters. The number of aryl methyl sites for hydroxylation is 1. The van der Waals surface area contributed by atoms with E-state index in [1.165, 1.54) is 0 Å². The quantitative estimate of drug-likeness (QED) is 0.921. The summed E-state index contributed by atoms with van der Waals surface area (Å²) in [6.45, 7) is 9.36. The summed E-state index contributed by atoms with van der Waals surface area (Å²) in [5.74, 6) is 0.00362. The topological polar surface area (TPSA) is 84.1 Å². The van der Waals surface area contributed by atoms with Gasteiger partial charge in [-0.15, -0.1) is 0 Å². The molecule has 0 aromatic carbocycles. The third-order valence-electron chi connectivity index (χ3n) is 4.94. The first-order chi connectivity index (χ1) is 11.7. The molecule has 134 valence electrons. The highest BCUT2D eigenvalue weighted by Gasteiger charge is 2.45. The van der Waals surface area contributed by atoms with Crippen molar-refractivity contribution in [1.29, 1.82) is 0 Å². The molecule has 1 fully saturated rings. The Balaban J connectivity index is 1.86. The minimum atomic E-state index is -1.00. The third kappa shape index (κ3) is 3.10. The molecule has 1 aliphatic heterocycles. The second-order valence-corrected chi connectivity index (χ2v) is 7.68. The van der Waals surface area contributed by atoms with Crippen LogP contribution in [0.2, 0.25) is 0 Å². The Morgan fingerprint density at radius 1 is 1.20 bits per heavy atom. The Hall–Kier alpha value is -2.44. The first-order valence-corrected chi connectivity index (χ1v) is 8.57. The standard InChI is InChI=1S/C18H25N5O2/c1-13-15(20-9-8-19-13)22-11-6-18(7-12-22,16(24)25)23-10-5-14(21-23)17(2,3)4/h5,8-10H,6-7,11-12H2,1-4H3,(H,24,25). The first kappa shape index (κ1) is 17.4. The van der Waals surface area contributed by atoms with Crippen molar-refractivity contribution in [2.24, 2.45) is 0 Å². The monoisotopic (exact) mass is 343 g/mol. The number of hydrogen-bond acceptors (Lipinski definition) is 5. The maximum atomic E-state index is 12.1. The van der Waals surface area contributed by atoms with E-state index in [0.717, 1.165) is 17.2 Å². The van der Waals surface area contributed by atoms with Crippen LogP contribution in [-0.2, 0) is 15.7 Å². The fourth-order valence-electron chi connectivity index (χ4n) is 3.30. The van der Waals surface area contributed by atoms with Gasteiger partial charge in [0.25, 0.3) is 0 Å². The molecular formula is C18H25N5O2. The second-order valence-electron chi connectivity index (χ2n) is 7.68. The summed E-state index contributed by atoms with van der Waals surface area (Å²) < 4.78 is 1.65. The summed E-state index contributed by atoms with van der Waals surface area (Å²) in [5, 5.41) is 14.6. The molecule has 0 saturated carbocycles. The maximum absolute atomic E-state index is 12.1. The Kier molecular flexibility index (Phi) is 4.26. The number of aliphatic carboxylic acids is 1. The Labute approximate surface area is 147 Å². The van der Waals surface area contributed by atoms with Crippen LogP contribution in [-0.4, -0.2) is 43.9 Å². The van der Waals surface area contributed by atoms with Crippen LogP contribution in [0.25, 0.3) is 0 Å². The van der Waals surface area contributed by atoms with Gasteiger partial charge in [0.15, 0.2) is 5.54 Å². The van der Waals surface area contributed by atoms with Gasteiger partial charge in [0.05, 0.1) is 11.4 Å². The van der Waals surface area contributed by atoms with Crippen molar-refractivity contribution >= 4 is 11.8 Å². The van der Waals surface area contributed by atoms with Crippen molar-refractivity contribution in [3.63, 3.8) is 0 Å². The van der Waals surface area contributed by atoms with E-state index in [-0.39, 0.29) is 5.41 Å². The Morgan fingerprint density at radius 3 is 2.36 bits per heavy atom. The van der Waals surface area contributed by atoms with Crippen LogP contribution >= 0.6 is 0 Å². The number of hydrogen-bond donors (Lipinski definition) is 1. The summed E-state index contributed by atoms with van der Waals surface area (Å²) in [4.78, 5) is 22.9. The van der Waals surface area contributed by atoms with E-state index in [2.05, 4.69) is 40.7 Å². The Morgan fingerprint density at radius 2 is 1.84 bits per heavy atom. The van der Waals surface area contributed by atoms with Gasteiger partial charge in [0, 0.05) is 49.9 Å². The lowest BCUT2D eigenvalue weighted by Gasteiger charge is -2.39. The van der Waals surface area contributed by atoms with E-state index < -0.39 is 11.5 Å². The van der Waals surface area contributed by atoms with Gasteiger partial charge in [0.2, 0.25) is 0 Å². The van der Waals surface area contributed by atoms with Gasteiger partial charge < -0.3 is 10.0 Å². The fraction of sp³-hybridized carbons (Fsp3) is 0.556. The van der Waals surface area contributed by atoms with Crippen LogP contribution in [0.15, 0.2) is 24.7 Å². The molecule has 1 aliphatic rings. The molecule has 1 N–H and O–H groups in total. The minimum absolute atomic E-state index is 0.109. The molecule has 1 saturated heterocycles. The largest absolute Gasteiger partial charge is 0.479 e. The predicted octanol–water partition coefficient (Wildman–Crippen LogP) is 2.36. The van der Waals surface area contributed by atoms with Crippen LogP contribution in [0.5, 0.6) is 0 Å². The summed E-state index contributed by atoms with van der Waals surface area (Å²) in [6.07, 6.45) is 6.09. The highest BCUT2D eigenvalue weighted by Crippen LogP contribution is 2.33. The second kappa shape index (κ2) is 6.13. The van der Waals surface area contributed by atoms with Gasteiger partial charge in [-0.05, 0) is 13.0 Å². The van der Waals surface area contributed by atoms with Crippen molar-refractivity contribution in [3.05, 3.63) is 36.0 Å².